The molecule has 1 aromatic heterocycles. The van der Waals surface area contributed by atoms with E-state index >= 15 is 0 Å². The van der Waals surface area contributed by atoms with Gasteiger partial charge in [-0.1, -0.05) is 12.1 Å². The molecule has 0 spiro atoms. The summed E-state index contributed by atoms with van der Waals surface area (Å²) >= 11 is 5.65. The Hall–Kier alpha value is -1.94. The third kappa shape index (κ3) is 3.51. The molecule has 1 atom stereocenters. The van der Waals surface area contributed by atoms with Gasteiger partial charge in [0.1, 0.15) is 11.6 Å². The largest absolute Gasteiger partial charge is 0.467 e. The molecule has 1 aromatic carbocycles. The number of rotatable bonds is 5. The molecule has 0 saturated heterocycles. The summed E-state index contributed by atoms with van der Waals surface area (Å²) in [5.41, 5.74) is 7.32. The van der Waals surface area contributed by atoms with Crippen LogP contribution in [0.3, 0.4) is 0 Å². The molecule has 1 heterocycles. The third-order valence-corrected chi connectivity index (χ3v) is 2.92. The second-order valence-corrected chi connectivity index (χ2v) is 4.40. The molecule has 3 N–H and O–H groups in total. The van der Waals surface area contributed by atoms with E-state index in [1.165, 1.54) is 0 Å². The highest BCUT2D eigenvalue weighted by Gasteiger charge is 2.10. The molecular formula is C14H16ClN3O. The van der Waals surface area contributed by atoms with Crippen LogP contribution in [0.4, 0.5) is 11.4 Å². The van der Waals surface area contributed by atoms with E-state index in [9.17, 15) is 0 Å². The summed E-state index contributed by atoms with van der Waals surface area (Å²) < 4.78 is 5.37. The first-order valence-electron chi connectivity index (χ1n) is 5.98. The Balaban J connectivity index is 2.21. The number of para-hydroxylation sites is 2. The van der Waals surface area contributed by atoms with Gasteiger partial charge in [-0.2, -0.15) is 0 Å². The summed E-state index contributed by atoms with van der Waals surface area (Å²) in [4.78, 5) is 4.28. The first-order chi connectivity index (χ1) is 9.20. The van der Waals surface area contributed by atoms with Crippen LogP contribution in [0.15, 0.2) is 52.1 Å². The number of nitrogens with two attached hydrogens (primary N) is 1. The number of benzene rings is 1. The Labute approximate surface area is 117 Å². The van der Waals surface area contributed by atoms with Gasteiger partial charge in [0.25, 0.3) is 0 Å². The maximum atomic E-state index is 5.67. The highest BCUT2D eigenvalue weighted by atomic mass is 35.5. The van der Waals surface area contributed by atoms with Crippen molar-refractivity contribution in [1.82, 2.24) is 0 Å². The van der Waals surface area contributed by atoms with E-state index in [0.717, 1.165) is 17.1 Å². The van der Waals surface area contributed by atoms with Crippen molar-refractivity contribution in [3.8, 4) is 0 Å². The van der Waals surface area contributed by atoms with Crippen molar-refractivity contribution in [3.05, 3.63) is 48.4 Å². The van der Waals surface area contributed by atoms with E-state index in [1.807, 2.05) is 43.3 Å². The monoisotopic (exact) mass is 277 g/mol. The lowest BCUT2D eigenvalue weighted by molar-refractivity contribution is 0.490. The van der Waals surface area contributed by atoms with Gasteiger partial charge < -0.3 is 15.5 Å². The van der Waals surface area contributed by atoms with Crippen LogP contribution in [0.1, 0.15) is 18.7 Å². The van der Waals surface area contributed by atoms with Crippen molar-refractivity contribution in [2.24, 2.45) is 10.7 Å². The summed E-state index contributed by atoms with van der Waals surface area (Å²) in [6.07, 6.45) is 1.66. The molecule has 4 nitrogen and oxygen atoms in total. The van der Waals surface area contributed by atoms with Crippen molar-refractivity contribution in [1.29, 1.82) is 0 Å². The van der Waals surface area contributed by atoms with Gasteiger partial charge in [0, 0.05) is 0 Å². The molecule has 1 unspecified atom stereocenters. The number of amidine groups is 1. The quantitative estimate of drug-likeness (QED) is 0.498. The lowest BCUT2D eigenvalue weighted by Crippen LogP contribution is -2.12. The normalized spacial score (nSPS) is 13.3. The summed E-state index contributed by atoms with van der Waals surface area (Å²) in [5.74, 6) is 1.47. The average Bonchev–Trinajstić information content (AvgIpc) is 2.95. The van der Waals surface area contributed by atoms with E-state index in [4.69, 9.17) is 21.8 Å². The molecule has 5 heteroatoms. The molecular weight excluding hydrogens is 262 g/mol. The zero-order valence-electron chi connectivity index (χ0n) is 10.6. The lowest BCUT2D eigenvalue weighted by Gasteiger charge is -2.14. The second kappa shape index (κ2) is 6.29. The predicted molar refractivity (Wildman–Crippen MR) is 79.2 cm³/mol. The molecule has 2 aromatic rings. The zero-order chi connectivity index (χ0) is 13.7. The Morgan fingerprint density at radius 2 is 2.16 bits per heavy atom. The van der Waals surface area contributed by atoms with Crippen molar-refractivity contribution >= 4 is 28.8 Å². The number of furan rings is 1. The Morgan fingerprint density at radius 1 is 1.37 bits per heavy atom. The van der Waals surface area contributed by atoms with Crippen LogP contribution in [-0.2, 0) is 0 Å². The van der Waals surface area contributed by atoms with Crippen LogP contribution in [0.5, 0.6) is 0 Å². The van der Waals surface area contributed by atoms with E-state index in [1.54, 1.807) is 6.26 Å². The SMILES string of the molecule is CC(Nc1ccccc1N=C(N)CCl)c1ccco1. The van der Waals surface area contributed by atoms with Crippen LogP contribution in [0.25, 0.3) is 0 Å². The maximum Gasteiger partial charge on any atom is 0.125 e. The number of hydrogen-bond donors (Lipinski definition) is 2. The van der Waals surface area contributed by atoms with Gasteiger partial charge >= 0.3 is 0 Å². The highest BCUT2D eigenvalue weighted by molar-refractivity contribution is 6.28. The minimum Gasteiger partial charge on any atom is -0.467 e. The maximum absolute atomic E-state index is 5.67. The number of anilines is 1. The molecule has 0 radical (unpaired) electrons. The molecule has 0 fully saturated rings. The number of nitrogens with one attached hydrogen (secondary N) is 1. The van der Waals surface area contributed by atoms with E-state index in [-0.39, 0.29) is 11.9 Å². The molecule has 100 valence electrons. The number of nitrogens with zero attached hydrogens (tertiary/aromatic N) is 1. The lowest BCUT2D eigenvalue weighted by atomic mass is 10.2. The second-order valence-electron chi connectivity index (χ2n) is 4.14. The fourth-order valence-corrected chi connectivity index (χ4v) is 1.78. The Kier molecular flexibility index (Phi) is 4.47. The summed E-state index contributed by atoms with van der Waals surface area (Å²) in [6, 6.07) is 11.5. The zero-order valence-corrected chi connectivity index (χ0v) is 11.4. The Morgan fingerprint density at radius 3 is 2.84 bits per heavy atom. The summed E-state index contributed by atoms with van der Waals surface area (Å²) in [7, 11) is 0. The van der Waals surface area contributed by atoms with Crippen molar-refractivity contribution in [2.45, 2.75) is 13.0 Å². The van der Waals surface area contributed by atoms with Gasteiger partial charge in [0.15, 0.2) is 0 Å². The molecule has 0 aliphatic heterocycles. The van der Waals surface area contributed by atoms with Crippen molar-refractivity contribution in [3.63, 3.8) is 0 Å². The fourth-order valence-electron chi connectivity index (χ4n) is 1.72. The van der Waals surface area contributed by atoms with Crippen LogP contribution in [0.2, 0.25) is 0 Å². The number of hydrogen-bond acceptors (Lipinski definition) is 3. The highest BCUT2D eigenvalue weighted by Crippen LogP contribution is 2.28. The van der Waals surface area contributed by atoms with Crippen LogP contribution in [-0.4, -0.2) is 11.7 Å². The number of aliphatic imine (C=N–C) groups is 1. The van der Waals surface area contributed by atoms with Gasteiger partial charge in [0.2, 0.25) is 0 Å². The fraction of sp³-hybridized carbons (Fsp3) is 0.214. The van der Waals surface area contributed by atoms with Crippen molar-refractivity contribution < 1.29 is 4.42 Å². The summed E-state index contributed by atoms with van der Waals surface area (Å²) in [6.45, 7) is 2.02. The number of halogens is 1. The van der Waals surface area contributed by atoms with E-state index in [0.29, 0.717) is 5.84 Å². The van der Waals surface area contributed by atoms with Crippen molar-refractivity contribution in [2.75, 3.05) is 11.2 Å². The molecule has 0 bridgehead atoms. The first-order valence-corrected chi connectivity index (χ1v) is 6.52. The Bertz CT molecular complexity index is 552. The van der Waals surface area contributed by atoms with E-state index < -0.39 is 0 Å². The van der Waals surface area contributed by atoms with E-state index in [2.05, 4.69) is 10.3 Å². The van der Waals surface area contributed by atoms with Crippen LogP contribution < -0.4 is 11.1 Å². The molecule has 2 rings (SSSR count). The first kappa shape index (κ1) is 13.5. The molecule has 0 amide bonds. The van der Waals surface area contributed by atoms with Crippen LogP contribution in [0, 0.1) is 0 Å². The minimum atomic E-state index is 0.0450. The average molecular weight is 278 g/mol. The standard InChI is InChI=1S/C14H16ClN3O/c1-10(13-7-4-8-19-13)17-11-5-2-3-6-12(11)18-14(16)9-15/h2-8,10,17H,9H2,1H3,(H2,16,18). The van der Waals surface area contributed by atoms with Gasteiger partial charge in [-0.05, 0) is 31.2 Å². The smallest absolute Gasteiger partial charge is 0.125 e. The molecule has 0 aliphatic carbocycles. The number of alkyl halides is 1. The van der Waals surface area contributed by atoms with Gasteiger partial charge in [-0.15, -0.1) is 11.6 Å². The minimum absolute atomic E-state index is 0.0450. The summed E-state index contributed by atoms with van der Waals surface area (Å²) in [5, 5.41) is 3.34. The molecule has 19 heavy (non-hydrogen) atoms. The topological polar surface area (TPSA) is 63.5 Å². The third-order valence-electron chi connectivity index (χ3n) is 2.65. The van der Waals surface area contributed by atoms with Gasteiger partial charge in [0.05, 0.1) is 29.6 Å². The van der Waals surface area contributed by atoms with Crippen LogP contribution >= 0.6 is 11.6 Å². The van der Waals surface area contributed by atoms with Gasteiger partial charge in [-0.25, -0.2) is 4.99 Å². The predicted octanol–water partition coefficient (Wildman–Crippen LogP) is 3.68. The van der Waals surface area contributed by atoms with Gasteiger partial charge in [-0.3, -0.25) is 0 Å². The molecule has 0 saturated carbocycles. The molecule has 0 aliphatic rings.